The monoisotopic (exact) mass is 362 g/mol. The lowest BCUT2D eigenvalue weighted by molar-refractivity contribution is 1.15. The Bertz CT molecular complexity index is 1250. The molecule has 120 valence electrons. The van der Waals surface area contributed by atoms with Gasteiger partial charge in [-0.1, -0.05) is 65.7 Å². The molecule has 0 amide bonds. The normalized spacial score (nSPS) is 11.6. The van der Waals surface area contributed by atoms with E-state index in [0.29, 0.717) is 10.0 Å². The number of benzene rings is 3. The Balaban J connectivity index is 2.05. The number of pyridine rings is 1. The Hall–Kier alpha value is -2.55. The van der Waals surface area contributed by atoms with E-state index in [1.165, 1.54) is 0 Å². The van der Waals surface area contributed by atoms with Gasteiger partial charge in [-0.15, -0.1) is 0 Å². The first-order valence-electron chi connectivity index (χ1n) is 7.97. The smallest absolute Gasteiger partial charge is 0.146 e. The zero-order valence-electron chi connectivity index (χ0n) is 13.1. The summed E-state index contributed by atoms with van der Waals surface area (Å²) in [4.78, 5) is 4.92. The van der Waals surface area contributed by atoms with Crippen LogP contribution < -0.4 is 0 Å². The number of nitrogens with zero attached hydrogens (tertiary/aromatic N) is 2. The van der Waals surface area contributed by atoms with Crippen molar-refractivity contribution in [2.24, 2.45) is 0 Å². The number of hydrogen-bond donors (Lipinski definition) is 0. The van der Waals surface area contributed by atoms with Gasteiger partial charge in [0.1, 0.15) is 5.65 Å². The van der Waals surface area contributed by atoms with Gasteiger partial charge in [-0.2, -0.15) is 0 Å². The Morgan fingerprint density at radius 2 is 1.44 bits per heavy atom. The fraction of sp³-hybridized carbons (Fsp3) is 0. The molecule has 2 nitrogen and oxygen atoms in total. The van der Waals surface area contributed by atoms with Crippen molar-refractivity contribution in [3.05, 3.63) is 82.8 Å². The number of para-hydroxylation sites is 3. The van der Waals surface area contributed by atoms with E-state index >= 15 is 0 Å². The number of rotatable bonds is 1. The molecule has 0 saturated carbocycles. The molecule has 0 aliphatic rings. The van der Waals surface area contributed by atoms with Gasteiger partial charge in [0.2, 0.25) is 0 Å². The standard InChI is InChI=1S/C21H12Cl2N2/c22-16-8-5-9-17(23)20(16)25-19-11-4-2-7-14(19)15-12-13-6-1-3-10-18(13)24-21(15)25/h1-12H. The van der Waals surface area contributed by atoms with Crippen LogP contribution in [0.4, 0.5) is 0 Å². The summed E-state index contributed by atoms with van der Waals surface area (Å²) >= 11 is 13.0. The van der Waals surface area contributed by atoms with Crippen LogP contribution in [-0.2, 0) is 0 Å². The third kappa shape index (κ3) is 2.15. The van der Waals surface area contributed by atoms with Crippen LogP contribution in [0.1, 0.15) is 0 Å². The molecule has 0 N–H and O–H groups in total. The Morgan fingerprint density at radius 3 is 2.28 bits per heavy atom. The highest BCUT2D eigenvalue weighted by atomic mass is 35.5. The fourth-order valence-electron chi connectivity index (χ4n) is 3.41. The molecule has 25 heavy (non-hydrogen) atoms. The van der Waals surface area contributed by atoms with Gasteiger partial charge in [-0.05, 0) is 30.3 Å². The first-order valence-corrected chi connectivity index (χ1v) is 8.73. The number of halogens is 2. The number of aromatic nitrogens is 2. The lowest BCUT2D eigenvalue weighted by Gasteiger charge is -2.11. The second-order valence-electron chi connectivity index (χ2n) is 5.98. The molecule has 5 rings (SSSR count). The molecular formula is C21H12Cl2N2. The quantitative estimate of drug-likeness (QED) is 0.326. The van der Waals surface area contributed by atoms with Crippen LogP contribution in [0.2, 0.25) is 10.0 Å². The molecule has 0 radical (unpaired) electrons. The maximum absolute atomic E-state index is 6.51. The van der Waals surface area contributed by atoms with Gasteiger partial charge in [0.15, 0.2) is 0 Å². The highest BCUT2D eigenvalue weighted by Crippen LogP contribution is 2.37. The van der Waals surface area contributed by atoms with Crippen LogP contribution in [0.5, 0.6) is 0 Å². The molecule has 0 saturated heterocycles. The number of fused-ring (bicyclic) bond motifs is 4. The minimum absolute atomic E-state index is 0.602. The largest absolute Gasteiger partial charge is 0.291 e. The van der Waals surface area contributed by atoms with E-state index in [9.17, 15) is 0 Å². The van der Waals surface area contributed by atoms with Crippen molar-refractivity contribution >= 4 is 56.0 Å². The molecule has 0 bridgehead atoms. The van der Waals surface area contributed by atoms with Crippen molar-refractivity contribution in [3.63, 3.8) is 0 Å². The van der Waals surface area contributed by atoms with Gasteiger partial charge in [-0.25, -0.2) is 4.98 Å². The molecular weight excluding hydrogens is 351 g/mol. The van der Waals surface area contributed by atoms with Gasteiger partial charge < -0.3 is 0 Å². The minimum Gasteiger partial charge on any atom is -0.291 e. The van der Waals surface area contributed by atoms with Crippen LogP contribution in [-0.4, -0.2) is 9.55 Å². The van der Waals surface area contributed by atoms with E-state index < -0.39 is 0 Å². The van der Waals surface area contributed by atoms with E-state index in [2.05, 4.69) is 28.8 Å². The molecule has 0 aliphatic heterocycles. The summed E-state index contributed by atoms with van der Waals surface area (Å²) in [5, 5.41) is 4.54. The Morgan fingerprint density at radius 1 is 0.720 bits per heavy atom. The molecule has 0 aliphatic carbocycles. The van der Waals surface area contributed by atoms with Crippen molar-refractivity contribution in [3.8, 4) is 5.69 Å². The van der Waals surface area contributed by atoms with Crippen LogP contribution in [0, 0.1) is 0 Å². The molecule has 0 atom stereocenters. The summed E-state index contributed by atoms with van der Waals surface area (Å²) in [7, 11) is 0. The predicted molar refractivity (Wildman–Crippen MR) is 106 cm³/mol. The summed E-state index contributed by atoms with van der Waals surface area (Å²) in [5.74, 6) is 0. The summed E-state index contributed by atoms with van der Waals surface area (Å²) in [6.07, 6.45) is 0. The van der Waals surface area contributed by atoms with Crippen LogP contribution in [0.15, 0.2) is 72.8 Å². The van der Waals surface area contributed by atoms with Crippen molar-refractivity contribution < 1.29 is 0 Å². The van der Waals surface area contributed by atoms with Crippen LogP contribution in [0.3, 0.4) is 0 Å². The SMILES string of the molecule is Clc1cccc(Cl)c1-n1c2ccccc2c2cc3ccccc3nc21. The van der Waals surface area contributed by atoms with E-state index in [0.717, 1.165) is 38.5 Å². The van der Waals surface area contributed by atoms with E-state index in [1.54, 1.807) is 0 Å². The number of hydrogen-bond acceptors (Lipinski definition) is 1. The summed E-state index contributed by atoms with van der Waals surface area (Å²) in [5.41, 5.74) is 3.60. The van der Waals surface area contributed by atoms with Crippen molar-refractivity contribution in [1.82, 2.24) is 9.55 Å². The van der Waals surface area contributed by atoms with Crippen molar-refractivity contribution in [2.75, 3.05) is 0 Å². The average molecular weight is 363 g/mol. The second-order valence-corrected chi connectivity index (χ2v) is 6.79. The first kappa shape index (κ1) is 14.8. The van der Waals surface area contributed by atoms with E-state index in [-0.39, 0.29) is 0 Å². The Labute approximate surface area is 154 Å². The van der Waals surface area contributed by atoms with Gasteiger partial charge in [-0.3, -0.25) is 4.57 Å². The van der Waals surface area contributed by atoms with Gasteiger partial charge in [0, 0.05) is 16.2 Å². The van der Waals surface area contributed by atoms with E-state index in [1.807, 2.05) is 48.5 Å². The maximum Gasteiger partial charge on any atom is 0.146 e. The fourth-order valence-corrected chi connectivity index (χ4v) is 3.98. The van der Waals surface area contributed by atoms with Gasteiger partial charge in [0.05, 0.1) is 26.8 Å². The minimum atomic E-state index is 0.602. The maximum atomic E-state index is 6.51. The lowest BCUT2D eigenvalue weighted by Crippen LogP contribution is -1.97. The second kappa shape index (κ2) is 5.48. The predicted octanol–water partition coefficient (Wildman–Crippen LogP) is 6.64. The highest BCUT2D eigenvalue weighted by molar-refractivity contribution is 6.38. The summed E-state index contributed by atoms with van der Waals surface area (Å²) in [6.45, 7) is 0. The third-order valence-electron chi connectivity index (χ3n) is 4.51. The molecule has 3 aromatic carbocycles. The zero-order valence-corrected chi connectivity index (χ0v) is 14.6. The van der Waals surface area contributed by atoms with Crippen LogP contribution >= 0.6 is 23.2 Å². The summed E-state index contributed by atoms with van der Waals surface area (Å²) < 4.78 is 2.06. The van der Waals surface area contributed by atoms with Crippen molar-refractivity contribution in [2.45, 2.75) is 0 Å². The highest BCUT2D eigenvalue weighted by Gasteiger charge is 2.17. The van der Waals surface area contributed by atoms with Gasteiger partial charge >= 0.3 is 0 Å². The third-order valence-corrected chi connectivity index (χ3v) is 5.12. The van der Waals surface area contributed by atoms with Crippen LogP contribution in [0.25, 0.3) is 38.5 Å². The topological polar surface area (TPSA) is 17.8 Å². The molecule has 2 aromatic heterocycles. The van der Waals surface area contributed by atoms with Crippen molar-refractivity contribution in [1.29, 1.82) is 0 Å². The van der Waals surface area contributed by atoms with E-state index in [4.69, 9.17) is 28.2 Å². The van der Waals surface area contributed by atoms with Gasteiger partial charge in [0.25, 0.3) is 0 Å². The lowest BCUT2D eigenvalue weighted by atomic mass is 10.1. The molecule has 0 spiro atoms. The molecule has 0 unspecified atom stereocenters. The summed E-state index contributed by atoms with van der Waals surface area (Å²) in [6, 6.07) is 24.1. The molecule has 4 heteroatoms. The Kier molecular flexibility index (Phi) is 3.24. The molecule has 2 heterocycles. The molecule has 5 aromatic rings. The average Bonchev–Trinajstić information content (AvgIpc) is 2.94. The first-order chi connectivity index (χ1) is 12.2. The molecule has 0 fully saturated rings. The zero-order chi connectivity index (χ0) is 17.0.